The molecule has 21 heavy (non-hydrogen) atoms. The van der Waals surface area contributed by atoms with E-state index in [9.17, 15) is 4.79 Å². The van der Waals surface area contributed by atoms with Gasteiger partial charge < -0.3 is 15.2 Å². The van der Waals surface area contributed by atoms with Gasteiger partial charge in [-0.25, -0.2) is 0 Å². The van der Waals surface area contributed by atoms with Crippen LogP contribution in [-0.4, -0.2) is 30.8 Å². The molecule has 3 atom stereocenters. The molecule has 2 N–H and O–H groups in total. The molecule has 0 heterocycles. The highest BCUT2D eigenvalue weighted by Crippen LogP contribution is 2.14. The van der Waals surface area contributed by atoms with Crippen LogP contribution < -0.4 is 5.73 Å². The van der Waals surface area contributed by atoms with Crippen LogP contribution in [0.3, 0.4) is 0 Å². The third-order valence-corrected chi connectivity index (χ3v) is 3.14. The van der Waals surface area contributed by atoms with Crippen LogP contribution in [0.4, 0.5) is 0 Å². The van der Waals surface area contributed by atoms with Gasteiger partial charge in [-0.05, 0) is 25.3 Å². The van der Waals surface area contributed by atoms with E-state index < -0.39 is 12.0 Å². The second kappa shape index (κ2) is 8.80. The molecule has 0 amide bonds. The maximum atomic E-state index is 11.8. The highest BCUT2D eigenvalue weighted by atomic mass is 16.6. The van der Waals surface area contributed by atoms with E-state index in [1.165, 1.54) is 0 Å². The van der Waals surface area contributed by atoms with Crippen molar-refractivity contribution in [3.05, 3.63) is 35.9 Å². The number of hydrogen-bond donors (Lipinski definition) is 1. The van der Waals surface area contributed by atoms with Crippen molar-refractivity contribution in [3.63, 3.8) is 0 Å². The summed E-state index contributed by atoms with van der Waals surface area (Å²) < 4.78 is 11.3. The van der Waals surface area contributed by atoms with Gasteiger partial charge in [0.2, 0.25) is 0 Å². The second-order valence-electron chi connectivity index (χ2n) is 5.89. The first-order valence-electron chi connectivity index (χ1n) is 7.51. The second-order valence-corrected chi connectivity index (χ2v) is 5.89. The minimum Gasteiger partial charge on any atom is -0.458 e. The average molecular weight is 293 g/mol. The summed E-state index contributed by atoms with van der Waals surface area (Å²) >= 11 is 0. The molecule has 4 heteroatoms. The quantitative estimate of drug-likeness (QED) is 0.748. The Kier molecular flexibility index (Phi) is 7.40. The summed E-state index contributed by atoms with van der Waals surface area (Å²) in [6.07, 6.45) is 0.124. The molecule has 4 nitrogen and oxygen atoms in total. The van der Waals surface area contributed by atoms with Crippen molar-refractivity contribution in [2.45, 2.75) is 52.4 Å². The first-order valence-corrected chi connectivity index (χ1v) is 7.51. The van der Waals surface area contributed by atoms with Crippen LogP contribution in [0.1, 0.15) is 33.3 Å². The number of nitrogens with two attached hydrogens (primary N) is 1. The number of rotatable bonds is 8. The van der Waals surface area contributed by atoms with Gasteiger partial charge in [0.15, 0.2) is 0 Å². The third kappa shape index (κ3) is 6.74. The molecule has 0 aliphatic heterocycles. The zero-order valence-corrected chi connectivity index (χ0v) is 13.4. The third-order valence-electron chi connectivity index (χ3n) is 3.14. The molecule has 1 aromatic carbocycles. The molecule has 0 spiro atoms. The molecular formula is C17H27NO3. The van der Waals surface area contributed by atoms with E-state index in [1.54, 1.807) is 6.92 Å². The normalized spacial score (nSPS) is 15.5. The fourth-order valence-electron chi connectivity index (χ4n) is 1.86. The number of benzene rings is 1. The van der Waals surface area contributed by atoms with Crippen molar-refractivity contribution in [2.24, 2.45) is 11.7 Å². The predicted octanol–water partition coefficient (Wildman–Crippen LogP) is 2.55. The van der Waals surface area contributed by atoms with Gasteiger partial charge in [-0.2, -0.15) is 0 Å². The number of hydrogen-bond acceptors (Lipinski definition) is 4. The summed E-state index contributed by atoms with van der Waals surface area (Å²) in [5.41, 5.74) is 6.70. The van der Waals surface area contributed by atoms with Crippen LogP contribution in [0, 0.1) is 5.92 Å². The number of esters is 1. The Morgan fingerprint density at radius 3 is 2.29 bits per heavy atom. The molecule has 0 saturated heterocycles. The monoisotopic (exact) mass is 293 g/mol. The van der Waals surface area contributed by atoms with Crippen LogP contribution in [0.2, 0.25) is 0 Å². The summed E-state index contributed by atoms with van der Waals surface area (Å²) in [5.74, 6) is 0.0462. The van der Waals surface area contributed by atoms with Crippen molar-refractivity contribution < 1.29 is 14.3 Å². The van der Waals surface area contributed by atoms with E-state index in [2.05, 4.69) is 13.8 Å². The van der Waals surface area contributed by atoms with Crippen LogP contribution in [0.25, 0.3) is 0 Å². The first-order chi connectivity index (χ1) is 9.90. The van der Waals surface area contributed by atoms with E-state index in [1.807, 2.05) is 37.3 Å². The van der Waals surface area contributed by atoms with Gasteiger partial charge in [-0.3, -0.25) is 4.79 Å². The Bertz CT molecular complexity index is 417. The lowest BCUT2D eigenvalue weighted by Crippen LogP contribution is -2.39. The van der Waals surface area contributed by atoms with Crippen molar-refractivity contribution in [1.82, 2.24) is 0 Å². The van der Waals surface area contributed by atoms with Gasteiger partial charge in [0.05, 0.1) is 6.10 Å². The Morgan fingerprint density at radius 1 is 1.14 bits per heavy atom. The van der Waals surface area contributed by atoms with Crippen molar-refractivity contribution in [1.29, 1.82) is 0 Å². The molecule has 0 unspecified atom stereocenters. The largest absolute Gasteiger partial charge is 0.458 e. The van der Waals surface area contributed by atoms with Crippen LogP contribution >= 0.6 is 0 Å². The predicted molar refractivity (Wildman–Crippen MR) is 83.9 cm³/mol. The summed E-state index contributed by atoms with van der Waals surface area (Å²) in [6, 6.07) is 9.31. The lowest BCUT2D eigenvalue weighted by atomic mass is 10.0. The summed E-state index contributed by atoms with van der Waals surface area (Å²) in [6.45, 7) is 8.38. The van der Waals surface area contributed by atoms with E-state index in [-0.39, 0.29) is 12.2 Å². The molecule has 0 aliphatic rings. The van der Waals surface area contributed by atoms with Gasteiger partial charge in [0, 0.05) is 13.0 Å². The van der Waals surface area contributed by atoms with Crippen LogP contribution in [-0.2, 0) is 20.7 Å². The molecule has 0 aromatic heterocycles. The van der Waals surface area contributed by atoms with E-state index >= 15 is 0 Å². The van der Waals surface area contributed by atoms with Crippen molar-refractivity contribution in [2.75, 3.05) is 6.61 Å². The summed E-state index contributed by atoms with van der Waals surface area (Å²) in [4.78, 5) is 11.8. The molecule has 0 saturated carbocycles. The maximum Gasteiger partial charge on any atom is 0.322 e. The van der Waals surface area contributed by atoms with Crippen molar-refractivity contribution in [3.8, 4) is 0 Å². The minimum atomic E-state index is -0.624. The fourth-order valence-corrected chi connectivity index (χ4v) is 1.86. The molecule has 0 fully saturated rings. The van der Waals surface area contributed by atoms with Crippen LogP contribution in [0.15, 0.2) is 30.3 Å². The number of ether oxygens (including phenoxy) is 2. The zero-order valence-electron chi connectivity index (χ0n) is 13.4. The Labute approximate surface area is 127 Å². The molecule has 1 aromatic rings. The van der Waals surface area contributed by atoms with E-state index in [4.69, 9.17) is 15.2 Å². The molecule has 118 valence electrons. The van der Waals surface area contributed by atoms with Gasteiger partial charge in [0.25, 0.3) is 0 Å². The molecule has 0 aliphatic carbocycles. The highest BCUT2D eigenvalue weighted by molar-refractivity contribution is 5.75. The molecular weight excluding hydrogens is 266 g/mol. The van der Waals surface area contributed by atoms with Gasteiger partial charge >= 0.3 is 5.97 Å². The smallest absolute Gasteiger partial charge is 0.322 e. The Morgan fingerprint density at radius 2 is 1.76 bits per heavy atom. The zero-order chi connectivity index (χ0) is 15.8. The SMILES string of the molecule is CC(C)CO[C@@H](C)[C@@H](Cc1ccccc1)OC(=O)[C@H](C)N. The maximum absolute atomic E-state index is 11.8. The molecule has 0 bridgehead atoms. The van der Waals surface area contributed by atoms with Gasteiger partial charge in [0.1, 0.15) is 12.1 Å². The Balaban J connectivity index is 2.71. The first kappa shape index (κ1) is 17.7. The van der Waals surface area contributed by atoms with E-state index in [0.29, 0.717) is 18.9 Å². The molecule has 0 radical (unpaired) electrons. The average Bonchev–Trinajstić information content (AvgIpc) is 2.44. The summed E-state index contributed by atoms with van der Waals surface area (Å²) in [5, 5.41) is 0. The lowest BCUT2D eigenvalue weighted by molar-refractivity contribution is -0.158. The van der Waals surface area contributed by atoms with Gasteiger partial charge in [-0.15, -0.1) is 0 Å². The fraction of sp³-hybridized carbons (Fsp3) is 0.588. The molecule has 1 rings (SSSR count). The highest BCUT2D eigenvalue weighted by Gasteiger charge is 2.24. The minimum absolute atomic E-state index is 0.171. The lowest BCUT2D eigenvalue weighted by Gasteiger charge is -2.26. The number of carbonyl (C=O) groups excluding carboxylic acids is 1. The Hall–Kier alpha value is -1.39. The van der Waals surface area contributed by atoms with Crippen molar-refractivity contribution >= 4 is 5.97 Å². The summed E-state index contributed by atoms with van der Waals surface area (Å²) in [7, 11) is 0. The van der Waals surface area contributed by atoms with E-state index in [0.717, 1.165) is 5.56 Å². The standard InChI is InChI=1S/C17H27NO3/c1-12(2)11-20-14(4)16(21-17(19)13(3)18)10-15-8-6-5-7-9-15/h5-9,12-14,16H,10-11,18H2,1-4H3/t13-,14-,16+/m0/s1. The van der Waals surface area contributed by atoms with Gasteiger partial charge in [-0.1, -0.05) is 44.2 Å². The topological polar surface area (TPSA) is 61.5 Å². The van der Waals surface area contributed by atoms with Crippen LogP contribution in [0.5, 0.6) is 0 Å². The number of carbonyl (C=O) groups is 1.